The number of ether oxygens (including phenoxy) is 2. The van der Waals surface area contributed by atoms with Gasteiger partial charge in [-0.05, 0) is 61.2 Å². The molecule has 1 aromatic rings. The lowest BCUT2D eigenvalue weighted by molar-refractivity contribution is 0.267. The van der Waals surface area contributed by atoms with Gasteiger partial charge < -0.3 is 15.2 Å². The molecule has 2 heterocycles. The summed E-state index contributed by atoms with van der Waals surface area (Å²) in [6, 6.07) is 0. The maximum absolute atomic E-state index is 5.94. The van der Waals surface area contributed by atoms with Crippen LogP contribution in [0.1, 0.15) is 29.5 Å². The topological polar surface area (TPSA) is 44.5 Å². The Morgan fingerprint density at radius 2 is 1.67 bits per heavy atom. The molecule has 18 heavy (non-hydrogen) atoms. The molecule has 4 heteroatoms. The van der Waals surface area contributed by atoms with Crippen LogP contribution >= 0.6 is 22.6 Å². The van der Waals surface area contributed by atoms with Crippen molar-refractivity contribution < 1.29 is 9.47 Å². The van der Waals surface area contributed by atoms with Gasteiger partial charge in [0.05, 0.1) is 16.8 Å². The number of hydrogen-bond acceptors (Lipinski definition) is 3. The van der Waals surface area contributed by atoms with E-state index in [4.69, 9.17) is 15.2 Å². The zero-order valence-electron chi connectivity index (χ0n) is 10.4. The first kappa shape index (κ1) is 12.5. The summed E-state index contributed by atoms with van der Waals surface area (Å²) >= 11 is 2.42. The highest BCUT2D eigenvalue weighted by Crippen LogP contribution is 2.44. The SMILES string of the molecule is NCCc1c2c(c(I)c3c1OCCC3)OCCC2. The van der Waals surface area contributed by atoms with Gasteiger partial charge in [-0.2, -0.15) is 0 Å². The zero-order chi connectivity index (χ0) is 12.5. The van der Waals surface area contributed by atoms with Crippen LogP contribution in [0.3, 0.4) is 0 Å². The minimum absolute atomic E-state index is 0.669. The van der Waals surface area contributed by atoms with E-state index in [-0.39, 0.29) is 0 Å². The molecule has 0 bridgehead atoms. The van der Waals surface area contributed by atoms with Crippen molar-refractivity contribution in [3.63, 3.8) is 0 Å². The minimum atomic E-state index is 0.669. The van der Waals surface area contributed by atoms with Gasteiger partial charge in [0.15, 0.2) is 0 Å². The van der Waals surface area contributed by atoms with Gasteiger partial charge >= 0.3 is 0 Å². The Bertz CT molecular complexity index is 436. The summed E-state index contributed by atoms with van der Waals surface area (Å²) in [5.41, 5.74) is 9.76. The lowest BCUT2D eigenvalue weighted by Crippen LogP contribution is -2.20. The van der Waals surface area contributed by atoms with E-state index in [1.165, 1.54) is 20.3 Å². The average molecular weight is 359 g/mol. The molecule has 0 unspecified atom stereocenters. The van der Waals surface area contributed by atoms with Gasteiger partial charge in [0.2, 0.25) is 0 Å². The van der Waals surface area contributed by atoms with Gasteiger partial charge in [0.25, 0.3) is 0 Å². The summed E-state index contributed by atoms with van der Waals surface area (Å²) in [6.07, 6.45) is 5.29. The molecule has 0 spiro atoms. The second-order valence-electron chi connectivity index (χ2n) is 4.85. The van der Waals surface area contributed by atoms with E-state index in [0.717, 1.165) is 56.8 Å². The molecule has 0 radical (unpaired) electrons. The van der Waals surface area contributed by atoms with Crippen LogP contribution in [-0.2, 0) is 19.3 Å². The average Bonchev–Trinajstić information content (AvgIpc) is 2.43. The van der Waals surface area contributed by atoms with Gasteiger partial charge in [-0.25, -0.2) is 0 Å². The van der Waals surface area contributed by atoms with E-state index < -0.39 is 0 Å². The third kappa shape index (κ3) is 1.99. The Kier molecular flexibility index (Phi) is 3.66. The van der Waals surface area contributed by atoms with E-state index in [1.807, 2.05) is 0 Å². The van der Waals surface area contributed by atoms with Crippen molar-refractivity contribution >= 4 is 22.6 Å². The number of halogens is 1. The molecule has 0 saturated carbocycles. The van der Waals surface area contributed by atoms with Crippen LogP contribution in [-0.4, -0.2) is 19.8 Å². The van der Waals surface area contributed by atoms with Gasteiger partial charge in [-0.15, -0.1) is 0 Å². The molecule has 0 aromatic heterocycles. The Morgan fingerprint density at radius 3 is 2.39 bits per heavy atom. The second kappa shape index (κ2) is 5.25. The first-order valence-electron chi connectivity index (χ1n) is 6.64. The van der Waals surface area contributed by atoms with Crippen molar-refractivity contribution in [3.8, 4) is 11.5 Å². The molecule has 0 fully saturated rings. The van der Waals surface area contributed by atoms with E-state index in [2.05, 4.69) is 22.6 Å². The fraction of sp³-hybridized carbons (Fsp3) is 0.571. The van der Waals surface area contributed by atoms with Crippen LogP contribution < -0.4 is 15.2 Å². The van der Waals surface area contributed by atoms with Crippen molar-refractivity contribution in [2.45, 2.75) is 32.1 Å². The van der Waals surface area contributed by atoms with Crippen molar-refractivity contribution in [3.05, 3.63) is 20.3 Å². The molecule has 3 nitrogen and oxygen atoms in total. The van der Waals surface area contributed by atoms with Crippen LogP contribution in [0, 0.1) is 3.57 Å². The molecule has 0 atom stereocenters. The maximum Gasteiger partial charge on any atom is 0.136 e. The molecule has 2 N–H and O–H groups in total. The highest BCUT2D eigenvalue weighted by Gasteiger charge is 2.27. The molecule has 2 aliphatic rings. The van der Waals surface area contributed by atoms with E-state index in [0.29, 0.717) is 6.54 Å². The second-order valence-corrected chi connectivity index (χ2v) is 5.93. The Hall–Kier alpha value is -0.490. The van der Waals surface area contributed by atoms with Crippen molar-refractivity contribution in [1.82, 2.24) is 0 Å². The summed E-state index contributed by atoms with van der Waals surface area (Å²) in [5, 5.41) is 0. The summed E-state index contributed by atoms with van der Waals surface area (Å²) < 4.78 is 13.1. The third-order valence-corrected chi connectivity index (χ3v) is 4.82. The number of fused-ring (bicyclic) bond motifs is 2. The van der Waals surface area contributed by atoms with E-state index in [9.17, 15) is 0 Å². The molecule has 0 saturated heterocycles. The zero-order valence-corrected chi connectivity index (χ0v) is 12.6. The van der Waals surface area contributed by atoms with Crippen molar-refractivity contribution in [2.75, 3.05) is 19.8 Å². The lowest BCUT2D eigenvalue weighted by atomic mass is 9.91. The number of benzene rings is 1. The highest BCUT2D eigenvalue weighted by atomic mass is 127. The fourth-order valence-electron chi connectivity index (χ4n) is 2.89. The quantitative estimate of drug-likeness (QED) is 0.825. The molecule has 3 rings (SSSR count). The van der Waals surface area contributed by atoms with Gasteiger partial charge in [0.1, 0.15) is 11.5 Å². The predicted molar refractivity (Wildman–Crippen MR) is 79.5 cm³/mol. The monoisotopic (exact) mass is 359 g/mol. The molecule has 1 aromatic carbocycles. The molecular formula is C14H18INO2. The lowest BCUT2D eigenvalue weighted by Gasteiger charge is -2.29. The predicted octanol–water partition coefficient (Wildman–Crippen LogP) is 2.44. The fourth-order valence-corrected chi connectivity index (χ4v) is 3.89. The molecule has 2 aliphatic heterocycles. The Balaban J connectivity index is 2.20. The molecule has 0 aliphatic carbocycles. The molecule has 0 amide bonds. The van der Waals surface area contributed by atoms with Gasteiger partial charge in [-0.1, -0.05) is 0 Å². The number of rotatable bonds is 2. The largest absolute Gasteiger partial charge is 0.493 e. The van der Waals surface area contributed by atoms with Crippen molar-refractivity contribution in [2.24, 2.45) is 5.73 Å². The summed E-state index contributed by atoms with van der Waals surface area (Å²) in [6.45, 7) is 2.34. The smallest absolute Gasteiger partial charge is 0.136 e. The Labute approximate surface area is 121 Å². The van der Waals surface area contributed by atoms with Crippen LogP contribution in [0.4, 0.5) is 0 Å². The van der Waals surface area contributed by atoms with Gasteiger partial charge in [0, 0.05) is 16.7 Å². The van der Waals surface area contributed by atoms with E-state index >= 15 is 0 Å². The number of hydrogen-bond donors (Lipinski definition) is 1. The normalized spacial score (nSPS) is 17.4. The summed E-state index contributed by atoms with van der Waals surface area (Å²) in [4.78, 5) is 0. The third-order valence-electron chi connectivity index (χ3n) is 3.68. The molecule has 98 valence electrons. The van der Waals surface area contributed by atoms with Crippen LogP contribution in [0.25, 0.3) is 0 Å². The summed E-state index contributed by atoms with van der Waals surface area (Å²) in [7, 11) is 0. The molecular weight excluding hydrogens is 341 g/mol. The maximum atomic E-state index is 5.94. The highest BCUT2D eigenvalue weighted by molar-refractivity contribution is 14.1. The Morgan fingerprint density at radius 1 is 1.00 bits per heavy atom. The first-order valence-corrected chi connectivity index (χ1v) is 7.72. The van der Waals surface area contributed by atoms with Crippen LogP contribution in [0.5, 0.6) is 11.5 Å². The summed E-state index contributed by atoms with van der Waals surface area (Å²) in [5.74, 6) is 2.22. The minimum Gasteiger partial charge on any atom is -0.493 e. The van der Waals surface area contributed by atoms with E-state index in [1.54, 1.807) is 0 Å². The van der Waals surface area contributed by atoms with Crippen LogP contribution in [0.15, 0.2) is 0 Å². The van der Waals surface area contributed by atoms with Crippen molar-refractivity contribution in [1.29, 1.82) is 0 Å². The first-order chi connectivity index (χ1) is 8.83. The standard InChI is InChI=1S/C14H18INO2/c15-12-11-4-2-7-17-13(11)10(5-6-16)9-3-1-8-18-14(9)12/h1-8,16H2. The van der Waals surface area contributed by atoms with Gasteiger partial charge in [-0.3, -0.25) is 0 Å². The number of nitrogens with two attached hydrogens (primary N) is 1. The van der Waals surface area contributed by atoms with Crippen LogP contribution in [0.2, 0.25) is 0 Å².